The molecule has 0 aliphatic rings. The van der Waals surface area contributed by atoms with E-state index in [0.717, 1.165) is 0 Å². The van der Waals surface area contributed by atoms with Crippen molar-refractivity contribution in [1.82, 2.24) is 0 Å². The van der Waals surface area contributed by atoms with Crippen molar-refractivity contribution in [3.05, 3.63) is 0 Å². The molecule has 0 bridgehead atoms. The van der Waals surface area contributed by atoms with E-state index in [1.807, 2.05) is 0 Å². The van der Waals surface area contributed by atoms with Crippen LogP contribution in [-0.2, 0) is 0 Å². The summed E-state index contributed by atoms with van der Waals surface area (Å²) >= 11 is 0. The van der Waals surface area contributed by atoms with E-state index in [1.54, 1.807) is 0 Å². The van der Waals surface area contributed by atoms with Gasteiger partial charge < -0.3 is 0 Å². The maximum atomic E-state index is 9.69. The summed E-state index contributed by atoms with van der Waals surface area (Å²) in [7, 11) is 0. The predicted octanol–water partition coefficient (Wildman–Crippen LogP) is 2.71. The molecule has 0 fully saturated rings. The summed E-state index contributed by atoms with van der Waals surface area (Å²) in [6.45, 7) is 0. The largest absolute Gasteiger partial charge is 0.559 e. The summed E-state index contributed by atoms with van der Waals surface area (Å²) in [5, 5.41) is 0. The Hall–Kier alpha value is 1.18. The van der Waals surface area contributed by atoms with Crippen molar-refractivity contribution in [1.29, 1.82) is 0 Å². The zero-order chi connectivity index (χ0) is 4.50. The van der Waals surface area contributed by atoms with E-state index in [1.165, 1.54) is 0 Å². The number of rotatable bonds is 0. The molecule has 0 saturated carbocycles. The molecule has 0 unspecified atom stereocenters. The van der Waals surface area contributed by atoms with Crippen molar-refractivity contribution in [2.75, 3.05) is 0 Å². The molecule has 0 amide bonds. The maximum Gasteiger partial charge on any atom is 0.559 e. The number of hydrogen-bond donors (Lipinski definition) is 0. The Morgan fingerprint density at radius 3 is 0.714 bits per heavy atom. The van der Waals surface area contributed by atoms with Gasteiger partial charge in [-0.15, -0.1) is 65.5 Å². The SMILES string of the molecule is FC(F)(F)F.I.I. The third-order valence-corrected chi connectivity index (χ3v) is 0. The molecular formula is CH2F4I2. The first kappa shape index (κ1) is 15.7. The third-order valence-electron chi connectivity index (χ3n) is 0. The lowest BCUT2D eigenvalue weighted by atomic mass is 11.5. The average molecular weight is 344 g/mol. The van der Waals surface area contributed by atoms with Crippen LogP contribution in [0.25, 0.3) is 0 Å². The second kappa shape index (κ2) is 5.32. The first-order valence-electron chi connectivity index (χ1n) is 0.756. The second-order valence-electron chi connectivity index (χ2n) is 0.429. The molecule has 0 atom stereocenters. The summed E-state index contributed by atoms with van der Waals surface area (Å²) in [6.07, 6.45) is -5.50. The molecule has 0 heterocycles. The Bertz CT molecular complexity index is 25.2. The monoisotopic (exact) mass is 344 g/mol. The minimum atomic E-state index is -5.50. The summed E-state index contributed by atoms with van der Waals surface area (Å²) in [5.41, 5.74) is 0. The molecule has 0 aliphatic carbocycles. The molecule has 0 nitrogen and oxygen atoms in total. The van der Waals surface area contributed by atoms with Crippen LogP contribution in [0.15, 0.2) is 0 Å². The Morgan fingerprint density at radius 1 is 0.714 bits per heavy atom. The van der Waals surface area contributed by atoms with Gasteiger partial charge in [0.05, 0.1) is 0 Å². The Balaban J connectivity index is -0.0000000800. The van der Waals surface area contributed by atoms with Crippen LogP contribution in [0.3, 0.4) is 0 Å². The van der Waals surface area contributed by atoms with Gasteiger partial charge in [-0.05, 0) is 0 Å². The highest BCUT2D eigenvalue weighted by Crippen LogP contribution is 2.13. The normalized spacial score (nSPS) is 8.57. The smallest absolute Gasteiger partial charge is 0.140 e. The fourth-order valence-corrected chi connectivity index (χ4v) is 0. The van der Waals surface area contributed by atoms with Crippen LogP contribution in [0.1, 0.15) is 0 Å². The molecule has 0 spiro atoms. The molecule has 0 aromatic carbocycles. The van der Waals surface area contributed by atoms with Crippen LogP contribution in [0.2, 0.25) is 0 Å². The van der Waals surface area contributed by atoms with Gasteiger partial charge in [0, 0.05) is 0 Å². The first-order chi connectivity index (χ1) is 2.00. The molecule has 0 radical (unpaired) electrons. The standard InChI is InChI=1S/CF4.2HI/c2-1(3,4)5;;/h;2*1H. The zero-order valence-corrected chi connectivity index (χ0v) is 7.49. The highest BCUT2D eigenvalue weighted by Gasteiger charge is 2.24. The molecule has 6 heteroatoms. The minimum Gasteiger partial charge on any atom is -0.140 e. The van der Waals surface area contributed by atoms with E-state index in [2.05, 4.69) is 0 Å². The van der Waals surface area contributed by atoms with Crippen molar-refractivity contribution in [2.24, 2.45) is 0 Å². The summed E-state index contributed by atoms with van der Waals surface area (Å²) in [6, 6.07) is 0. The lowest BCUT2D eigenvalue weighted by Crippen LogP contribution is -1.92. The third kappa shape index (κ3) is 138. The molecule has 7 heavy (non-hydrogen) atoms. The van der Waals surface area contributed by atoms with Gasteiger partial charge in [0.25, 0.3) is 0 Å². The topological polar surface area (TPSA) is 0 Å². The summed E-state index contributed by atoms with van der Waals surface area (Å²) < 4.78 is 38.8. The fraction of sp³-hybridized carbons (Fsp3) is 1.00. The van der Waals surface area contributed by atoms with Crippen molar-refractivity contribution >= 4 is 48.0 Å². The van der Waals surface area contributed by atoms with Crippen molar-refractivity contribution in [2.45, 2.75) is 6.43 Å². The Kier molecular flexibility index (Phi) is 11.9. The van der Waals surface area contributed by atoms with Crippen molar-refractivity contribution < 1.29 is 17.6 Å². The summed E-state index contributed by atoms with van der Waals surface area (Å²) in [4.78, 5) is 0. The van der Waals surface area contributed by atoms with Gasteiger partial charge in [-0.2, -0.15) is 0 Å². The van der Waals surface area contributed by atoms with E-state index in [4.69, 9.17) is 0 Å². The fourth-order valence-electron chi connectivity index (χ4n) is 0. The van der Waals surface area contributed by atoms with Crippen LogP contribution < -0.4 is 0 Å². The van der Waals surface area contributed by atoms with E-state index in [0.29, 0.717) is 0 Å². The number of halogens is 6. The van der Waals surface area contributed by atoms with Gasteiger partial charge in [0.2, 0.25) is 0 Å². The second-order valence-corrected chi connectivity index (χ2v) is 0.429. The van der Waals surface area contributed by atoms with Crippen LogP contribution in [0.4, 0.5) is 17.6 Å². The molecule has 0 saturated heterocycles. The quantitative estimate of drug-likeness (QED) is 0.468. The van der Waals surface area contributed by atoms with Gasteiger partial charge in [-0.1, -0.05) is 0 Å². The lowest BCUT2D eigenvalue weighted by Gasteiger charge is -1.82. The first-order valence-corrected chi connectivity index (χ1v) is 0.756. The zero-order valence-electron chi connectivity index (χ0n) is 2.83. The average Bonchev–Trinajstić information content (AvgIpc) is 0.722. The minimum absolute atomic E-state index is 0. The van der Waals surface area contributed by atoms with Crippen molar-refractivity contribution in [3.8, 4) is 0 Å². The van der Waals surface area contributed by atoms with Crippen molar-refractivity contribution in [3.63, 3.8) is 0 Å². The van der Waals surface area contributed by atoms with E-state index >= 15 is 0 Å². The van der Waals surface area contributed by atoms with Crippen LogP contribution in [-0.4, -0.2) is 6.43 Å². The molecular weight excluding hydrogens is 342 g/mol. The molecule has 0 N–H and O–H groups in total. The number of hydrogen-bond acceptors (Lipinski definition) is 0. The Labute approximate surface area is 71.7 Å². The van der Waals surface area contributed by atoms with Gasteiger partial charge in [0.1, 0.15) is 0 Å². The Morgan fingerprint density at radius 2 is 0.714 bits per heavy atom. The molecule has 0 aromatic heterocycles. The molecule has 0 rings (SSSR count). The van der Waals surface area contributed by atoms with Gasteiger partial charge >= 0.3 is 6.43 Å². The summed E-state index contributed by atoms with van der Waals surface area (Å²) in [5.74, 6) is 0. The highest BCUT2D eigenvalue weighted by atomic mass is 127. The lowest BCUT2D eigenvalue weighted by molar-refractivity contribution is -0.237. The molecule has 48 valence electrons. The van der Waals surface area contributed by atoms with Crippen LogP contribution in [0, 0.1) is 0 Å². The molecule has 0 aromatic rings. The maximum absolute atomic E-state index is 9.69. The van der Waals surface area contributed by atoms with E-state index in [-0.39, 0.29) is 48.0 Å². The number of alkyl halides is 4. The van der Waals surface area contributed by atoms with E-state index in [9.17, 15) is 17.6 Å². The van der Waals surface area contributed by atoms with Gasteiger partial charge in [0.15, 0.2) is 0 Å². The van der Waals surface area contributed by atoms with Crippen LogP contribution >= 0.6 is 48.0 Å². The molecule has 0 aliphatic heterocycles. The highest BCUT2D eigenvalue weighted by molar-refractivity contribution is 14.0. The van der Waals surface area contributed by atoms with Gasteiger partial charge in [-0.25, -0.2) is 0 Å². The van der Waals surface area contributed by atoms with E-state index < -0.39 is 6.43 Å². The van der Waals surface area contributed by atoms with Gasteiger partial charge in [-0.3, -0.25) is 0 Å². The predicted molar refractivity (Wildman–Crippen MR) is 38.0 cm³/mol. The van der Waals surface area contributed by atoms with Crippen LogP contribution in [0.5, 0.6) is 0 Å².